The third-order valence-electron chi connectivity index (χ3n) is 4.59. The second kappa shape index (κ2) is 5.58. The van der Waals surface area contributed by atoms with Gasteiger partial charge in [0.25, 0.3) is 0 Å². The molecule has 0 bridgehead atoms. The number of fused-ring (bicyclic) bond motifs is 1. The zero-order chi connectivity index (χ0) is 15.8. The molecule has 23 heavy (non-hydrogen) atoms. The van der Waals surface area contributed by atoms with Crippen molar-refractivity contribution in [2.45, 2.75) is 19.4 Å². The van der Waals surface area contributed by atoms with Crippen LogP contribution in [0.15, 0.2) is 65.1 Å². The van der Waals surface area contributed by atoms with Gasteiger partial charge in [0.2, 0.25) is 5.91 Å². The fourth-order valence-corrected chi connectivity index (χ4v) is 3.05. The molecule has 2 aromatic carbocycles. The van der Waals surface area contributed by atoms with E-state index in [1.54, 1.807) is 0 Å². The van der Waals surface area contributed by atoms with Crippen molar-refractivity contribution >= 4 is 16.9 Å². The molecule has 3 atom stereocenters. The van der Waals surface area contributed by atoms with Crippen molar-refractivity contribution < 1.29 is 9.21 Å². The van der Waals surface area contributed by atoms with E-state index in [0.717, 1.165) is 28.7 Å². The maximum Gasteiger partial charge on any atom is 0.224 e. The van der Waals surface area contributed by atoms with Crippen molar-refractivity contribution in [1.82, 2.24) is 5.32 Å². The molecule has 116 valence electrons. The predicted molar refractivity (Wildman–Crippen MR) is 89.9 cm³/mol. The second-order valence-corrected chi connectivity index (χ2v) is 6.36. The fraction of sp³-hybridized carbons (Fsp3) is 0.250. The lowest BCUT2D eigenvalue weighted by Gasteiger charge is -2.17. The number of nitrogens with one attached hydrogen (secondary N) is 1. The summed E-state index contributed by atoms with van der Waals surface area (Å²) >= 11 is 0. The van der Waals surface area contributed by atoms with Crippen molar-refractivity contribution in [3.63, 3.8) is 0 Å². The summed E-state index contributed by atoms with van der Waals surface area (Å²) in [6, 6.07) is 19.7. The van der Waals surface area contributed by atoms with Crippen LogP contribution in [0, 0.1) is 11.8 Å². The van der Waals surface area contributed by atoms with E-state index in [0.29, 0.717) is 5.92 Å². The molecule has 3 heteroatoms. The Morgan fingerprint density at radius 2 is 1.83 bits per heavy atom. The summed E-state index contributed by atoms with van der Waals surface area (Å²) in [5.41, 5.74) is 1.88. The quantitative estimate of drug-likeness (QED) is 0.781. The first-order valence-corrected chi connectivity index (χ1v) is 8.06. The maximum absolute atomic E-state index is 12.4. The summed E-state index contributed by atoms with van der Waals surface area (Å²) in [4.78, 5) is 12.4. The highest BCUT2D eigenvalue weighted by Gasteiger charge is 2.40. The monoisotopic (exact) mass is 305 g/mol. The van der Waals surface area contributed by atoms with E-state index in [1.807, 2.05) is 60.7 Å². The number of hydrogen-bond donors (Lipinski definition) is 1. The minimum absolute atomic E-state index is 0.117. The van der Waals surface area contributed by atoms with Crippen molar-refractivity contribution in [2.24, 2.45) is 11.8 Å². The van der Waals surface area contributed by atoms with E-state index < -0.39 is 0 Å². The van der Waals surface area contributed by atoms with E-state index in [4.69, 9.17) is 4.42 Å². The van der Waals surface area contributed by atoms with Gasteiger partial charge < -0.3 is 9.73 Å². The van der Waals surface area contributed by atoms with Crippen molar-refractivity contribution in [3.05, 3.63) is 72.0 Å². The van der Waals surface area contributed by atoms with Gasteiger partial charge in [-0.1, -0.05) is 55.5 Å². The summed E-state index contributed by atoms with van der Waals surface area (Å²) in [5.74, 6) is 1.53. The molecule has 1 aliphatic rings. The van der Waals surface area contributed by atoms with Gasteiger partial charge in [-0.2, -0.15) is 0 Å². The Kier molecular flexibility index (Phi) is 3.41. The average molecular weight is 305 g/mol. The lowest BCUT2D eigenvalue weighted by atomic mass is 10.0. The molecule has 3 unspecified atom stereocenters. The number of amides is 1. The van der Waals surface area contributed by atoms with E-state index in [9.17, 15) is 4.79 Å². The van der Waals surface area contributed by atoms with Gasteiger partial charge in [-0.3, -0.25) is 4.79 Å². The van der Waals surface area contributed by atoms with E-state index in [-0.39, 0.29) is 17.9 Å². The number of furan rings is 1. The molecule has 0 spiro atoms. The van der Waals surface area contributed by atoms with E-state index >= 15 is 0 Å². The molecule has 3 nitrogen and oxygen atoms in total. The molecule has 1 fully saturated rings. The first kappa shape index (κ1) is 14.1. The van der Waals surface area contributed by atoms with Crippen LogP contribution in [0.25, 0.3) is 11.0 Å². The Hall–Kier alpha value is -2.55. The highest BCUT2D eigenvalue weighted by Crippen LogP contribution is 2.39. The van der Waals surface area contributed by atoms with Gasteiger partial charge in [-0.05, 0) is 30.0 Å². The van der Waals surface area contributed by atoms with E-state index in [2.05, 4.69) is 12.2 Å². The fourth-order valence-electron chi connectivity index (χ4n) is 3.05. The Morgan fingerprint density at radius 1 is 1.13 bits per heavy atom. The van der Waals surface area contributed by atoms with Crippen LogP contribution in [-0.4, -0.2) is 5.91 Å². The third kappa shape index (κ3) is 2.74. The molecule has 0 aliphatic heterocycles. The zero-order valence-electron chi connectivity index (χ0n) is 13.0. The van der Waals surface area contributed by atoms with Crippen LogP contribution in [0.5, 0.6) is 0 Å². The van der Waals surface area contributed by atoms with Gasteiger partial charge in [0, 0.05) is 11.3 Å². The zero-order valence-corrected chi connectivity index (χ0v) is 13.0. The Morgan fingerprint density at radius 3 is 2.52 bits per heavy atom. The van der Waals surface area contributed by atoms with Crippen LogP contribution < -0.4 is 5.32 Å². The molecule has 0 radical (unpaired) electrons. The lowest BCUT2D eigenvalue weighted by molar-refractivity contribution is -0.123. The minimum atomic E-state index is -0.246. The summed E-state index contributed by atoms with van der Waals surface area (Å²) in [6.07, 6.45) is 0.980. The van der Waals surface area contributed by atoms with Gasteiger partial charge in [0.15, 0.2) is 0 Å². The maximum atomic E-state index is 12.4. The molecule has 1 aliphatic carbocycles. The molecule has 1 aromatic heterocycles. The molecule has 3 aromatic rings. The Balaban J connectivity index is 1.70. The number of rotatable bonds is 4. The smallest absolute Gasteiger partial charge is 0.224 e. The van der Waals surface area contributed by atoms with Crippen LogP contribution in [0.1, 0.15) is 30.7 Å². The standard InChI is InChI=1S/C20H19NO2/c1-13-11-16(13)20(22)21-19(14-7-3-2-4-8-14)18-12-15-9-5-6-10-17(15)23-18/h2-10,12-13,16,19H,11H2,1H3,(H,21,22). The normalized spacial score (nSPS) is 21.1. The summed E-state index contributed by atoms with van der Waals surface area (Å²) in [5, 5.41) is 4.22. The van der Waals surface area contributed by atoms with Gasteiger partial charge in [0.1, 0.15) is 17.4 Å². The number of carbonyl (C=O) groups excluding carboxylic acids is 1. The highest BCUT2D eigenvalue weighted by molar-refractivity contribution is 5.83. The van der Waals surface area contributed by atoms with E-state index in [1.165, 1.54) is 0 Å². The molecule has 1 N–H and O–H groups in total. The summed E-state index contributed by atoms with van der Waals surface area (Å²) in [7, 11) is 0. The molecule has 1 amide bonds. The Bertz CT molecular complexity index is 804. The van der Waals surface area contributed by atoms with Gasteiger partial charge in [0.05, 0.1) is 0 Å². The molecule has 0 saturated heterocycles. The third-order valence-corrected chi connectivity index (χ3v) is 4.59. The number of hydrogen-bond acceptors (Lipinski definition) is 2. The van der Waals surface area contributed by atoms with Crippen LogP contribution in [0.4, 0.5) is 0 Å². The summed E-state index contributed by atoms with van der Waals surface area (Å²) < 4.78 is 6.00. The SMILES string of the molecule is CC1CC1C(=O)NC(c1ccccc1)c1cc2ccccc2o1. The largest absolute Gasteiger partial charge is 0.459 e. The predicted octanol–water partition coefficient (Wildman–Crippen LogP) is 4.29. The molecule has 1 heterocycles. The first-order chi connectivity index (χ1) is 11.2. The van der Waals surface area contributed by atoms with Crippen LogP contribution in [-0.2, 0) is 4.79 Å². The number of carbonyl (C=O) groups is 1. The number of benzene rings is 2. The van der Waals surface area contributed by atoms with Crippen LogP contribution in [0.3, 0.4) is 0 Å². The lowest BCUT2D eigenvalue weighted by Crippen LogP contribution is -2.30. The molecule has 1 saturated carbocycles. The first-order valence-electron chi connectivity index (χ1n) is 8.06. The van der Waals surface area contributed by atoms with Crippen LogP contribution >= 0.6 is 0 Å². The van der Waals surface area contributed by atoms with Crippen LogP contribution in [0.2, 0.25) is 0 Å². The van der Waals surface area contributed by atoms with Gasteiger partial charge >= 0.3 is 0 Å². The van der Waals surface area contributed by atoms with Gasteiger partial charge in [-0.25, -0.2) is 0 Å². The Labute approximate surface area is 135 Å². The minimum Gasteiger partial charge on any atom is -0.459 e. The molecule has 4 rings (SSSR count). The van der Waals surface area contributed by atoms with Gasteiger partial charge in [-0.15, -0.1) is 0 Å². The second-order valence-electron chi connectivity index (χ2n) is 6.36. The number of para-hydroxylation sites is 1. The van der Waals surface area contributed by atoms with Crippen molar-refractivity contribution in [1.29, 1.82) is 0 Å². The van der Waals surface area contributed by atoms with Crippen molar-refractivity contribution in [2.75, 3.05) is 0 Å². The average Bonchev–Trinajstić information content (AvgIpc) is 3.16. The molecular formula is C20H19NO2. The molecular weight excluding hydrogens is 286 g/mol. The highest BCUT2D eigenvalue weighted by atomic mass is 16.3. The van der Waals surface area contributed by atoms with Crippen molar-refractivity contribution in [3.8, 4) is 0 Å². The topological polar surface area (TPSA) is 42.2 Å². The summed E-state index contributed by atoms with van der Waals surface area (Å²) in [6.45, 7) is 2.11.